The van der Waals surface area contributed by atoms with E-state index in [0.29, 0.717) is 6.67 Å². The SMILES string of the molecule is COc1cc(C)c(Cl)cc1CCN(C)CNN. The van der Waals surface area contributed by atoms with Gasteiger partial charge in [-0.25, -0.2) is 5.43 Å². The maximum atomic E-state index is 6.12. The van der Waals surface area contributed by atoms with Crippen molar-refractivity contribution in [1.82, 2.24) is 10.3 Å². The van der Waals surface area contributed by atoms with E-state index in [4.69, 9.17) is 22.2 Å². The van der Waals surface area contributed by atoms with Crippen molar-refractivity contribution in [3.05, 3.63) is 28.3 Å². The van der Waals surface area contributed by atoms with Crippen LogP contribution in [0.2, 0.25) is 5.02 Å². The number of ether oxygens (including phenoxy) is 1. The summed E-state index contributed by atoms with van der Waals surface area (Å²) in [4.78, 5) is 2.09. The van der Waals surface area contributed by atoms with E-state index < -0.39 is 0 Å². The molecule has 0 aliphatic heterocycles. The zero-order chi connectivity index (χ0) is 12.8. The number of nitrogens with two attached hydrogens (primary N) is 1. The van der Waals surface area contributed by atoms with Crippen molar-refractivity contribution in [2.45, 2.75) is 13.3 Å². The number of halogens is 1. The largest absolute Gasteiger partial charge is 0.496 e. The van der Waals surface area contributed by atoms with E-state index in [2.05, 4.69) is 10.3 Å². The van der Waals surface area contributed by atoms with E-state index in [1.165, 1.54) is 0 Å². The van der Waals surface area contributed by atoms with E-state index in [-0.39, 0.29) is 0 Å². The number of hydrogen-bond acceptors (Lipinski definition) is 4. The topological polar surface area (TPSA) is 50.5 Å². The summed E-state index contributed by atoms with van der Waals surface area (Å²) in [6.45, 7) is 3.51. The Hall–Kier alpha value is -0.810. The third-order valence-electron chi connectivity index (χ3n) is 2.69. The molecule has 1 aromatic carbocycles. The molecular weight excluding hydrogens is 238 g/mol. The van der Waals surface area contributed by atoms with Gasteiger partial charge in [-0.2, -0.15) is 0 Å². The fraction of sp³-hybridized carbons (Fsp3) is 0.500. The number of aryl methyl sites for hydroxylation is 1. The van der Waals surface area contributed by atoms with E-state index in [1.54, 1.807) is 7.11 Å². The number of hydrazine groups is 1. The molecule has 0 unspecified atom stereocenters. The molecule has 0 heterocycles. The molecule has 0 bridgehead atoms. The Morgan fingerprint density at radius 1 is 1.47 bits per heavy atom. The van der Waals surface area contributed by atoms with Crippen molar-refractivity contribution in [3.8, 4) is 5.75 Å². The molecule has 17 heavy (non-hydrogen) atoms. The number of nitrogens with one attached hydrogen (secondary N) is 1. The van der Waals surface area contributed by atoms with Crippen molar-refractivity contribution in [3.63, 3.8) is 0 Å². The lowest BCUT2D eigenvalue weighted by Crippen LogP contribution is -2.36. The van der Waals surface area contributed by atoms with Crippen LogP contribution in [0.25, 0.3) is 0 Å². The van der Waals surface area contributed by atoms with Gasteiger partial charge >= 0.3 is 0 Å². The Balaban J connectivity index is 2.72. The molecule has 0 saturated heterocycles. The molecule has 0 amide bonds. The van der Waals surface area contributed by atoms with Crippen LogP contribution in [0.15, 0.2) is 12.1 Å². The van der Waals surface area contributed by atoms with Crippen LogP contribution in [0, 0.1) is 6.92 Å². The summed E-state index contributed by atoms with van der Waals surface area (Å²) in [5.74, 6) is 6.15. The number of benzene rings is 1. The van der Waals surface area contributed by atoms with Gasteiger partial charge in [-0.05, 0) is 43.7 Å². The average molecular weight is 258 g/mol. The fourth-order valence-electron chi connectivity index (χ4n) is 1.63. The van der Waals surface area contributed by atoms with Crippen LogP contribution in [-0.4, -0.2) is 32.3 Å². The van der Waals surface area contributed by atoms with Crippen molar-refractivity contribution in [1.29, 1.82) is 0 Å². The Morgan fingerprint density at radius 3 is 2.76 bits per heavy atom. The normalized spacial score (nSPS) is 10.9. The zero-order valence-corrected chi connectivity index (χ0v) is 11.3. The summed E-state index contributed by atoms with van der Waals surface area (Å²) in [5.41, 5.74) is 4.77. The molecule has 0 aromatic heterocycles. The third kappa shape index (κ3) is 4.16. The van der Waals surface area contributed by atoms with E-state index in [1.807, 2.05) is 26.1 Å². The summed E-state index contributed by atoms with van der Waals surface area (Å²) >= 11 is 6.12. The summed E-state index contributed by atoms with van der Waals surface area (Å²) in [7, 11) is 3.68. The maximum Gasteiger partial charge on any atom is 0.122 e. The van der Waals surface area contributed by atoms with Crippen LogP contribution in [0.5, 0.6) is 5.75 Å². The minimum atomic E-state index is 0.655. The molecule has 1 rings (SSSR count). The second-order valence-corrected chi connectivity index (χ2v) is 4.51. The van der Waals surface area contributed by atoms with Gasteiger partial charge in [0.15, 0.2) is 0 Å². The smallest absolute Gasteiger partial charge is 0.122 e. The lowest BCUT2D eigenvalue weighted by molar-refractivity contribution is 0.310. The van der Waals surface area contributed by atoms with Crippen LogP contribution in [0.1, 0.15) is 11.1 Å². The van der Waals surface area contributed by atoms with Gasteiger partial charge in [-0.15, -0.1) is 0 Å². The second kappa shape index (κ2) is 6.81. The molecule has 0 aliphatic carbocycles. The number of methoxy groups -OCH3 is 1. The van der Waals surface area contributed by atoms with Crippen molar-refractivity contribution < 1.29 is 4.74 Å². The molecule has 0 spiro atoms. The fourth-order valence-corrected chi connectivity index (χ4v) is 1.81. The van der Waals surface area contributed by atoms with E-state index in [0.717, 1.165) is 34.9 Å². The number of rotatable bonds is 6. The molecule has 0 radical (unpaired) electrons. The second-order valence-electron chi connectivity index (χ2n) is 4.11. The lowest BCUT2D eigenvalue weighted by Gasteiger charge is -2.17. The zero-order valence-electron chi connectivity index (χ0n) is 10.6. The van der Waals surface area contributed by atoms with Crippen LogP contribution in [-0.2, 0) is 6.42 Å². The molecule has 4 nitrogen and oxygen atoms in total. The Bertz CT molecular complexity index is 371. The highest BCUT2D eigenvalue weighted by Gasteiger charge is 2.08. The molecule has 96 valence electrons. The van der Waals surface area contributed by atoms with Gasteiger partial charge in [0.1, 0.15) is 5.75 Å². The third-order valence-corrected chi connectivity index (χ3v) is 3.09. The van der Waals surface area contributed by atoms with Crippen LogP contribution in [0.3, 0.4) is 0 Å². The monoisotopic (exact) mass is 257 g/mol. The highest BCUT2D eigenvalue weighted by Crippen LogP contribution is 2.26. The van der Waals surface area contributed by atoms with E-state index >= 15 is 0 Å². The van der Waals surface area contributed by atoms with Gasteiger partial charge in [-0.3, -0.25) is 10.7 Å². The van der Waals surface area contributed by atoms with Crippen molar-refractivity contribution in [2.24, 2.45) is 5.84 Å². The average Bonchev–Trinajstić information content (AvgIpc) is 2.30. The first-order valence-corrected chi connectivity index (χ1v) is 5.91. The Labute approximate surface area is 108 Å². The van der Waals surface area contributed by atoms with Gasteiger partial charge in [0, 0.05) is 11.6 Å². The maximum absolute atomic E-state index is 6.12. The number of hydrogen-bond donors (Lipinski definition) is 2. The first-order chi connectivity index (χ1) is 8.08. The van der Waals surface area contributed by atoms with Crippen LogP contribution >= 0.6 is 11.6 Å². The first kappa shape index (κ1) is 14.3. The summed E-state index contributed by atoms with van der Waals surface area (Å²) in [5, 5.41) is 0.778. The molecule has 0 atom stereocenters. The van der Waals surface area contributed by atoms with Crippen LogP contribution < -0.4 is 16.0 Å². The lowest BCUT2D eigenvalue weighted by atomic mass is 10.1. The van der Waals surface area contributed by atoms with Gasteiger partial charge < -0.3 is 4.74 Å². The van der Waals surface area contributed by atoms with Gasteiger partial charge in [0.2, 0.25) is 0 Å². The predicted molar refractivity (Wildman–Crippen MR) is 71.3 cm³/mol. The molecular formula is C12H20ClN3O. The summed E-state index contributed by atoms with van der Waals surface area (Å²) < 4.78 is 5.36. The molecule has 1 aromatic rings. The molecule has 5 heteroatoms. The van der Waals surface area contributed by atoms with Gasteiger partial charge in [0.05, 0.1) is 13.8 Å². The molecule has 3 N–H and O–H groups in total. The molecule has 0 aliphatic rings. The van der Waals surface area contributed by atoms with Crippen molar-refractivity contribution >= 4 is 11.6 Å². The molecule has 0 fully saturated rings. The number of nitrogens with zero attached hydrogens (tertiary/aromatic N) is 1. The quantitative estimate of drug-likeness (QED) is 0.461. The summed E-state index contributed by atoms with van der Waals surface area (Å²) in [6.07, 6.45) is 0.876. The highest BCUT2D eigenvalue weighted by atomic mass is 35.5. The number of likely N-dealkylation sites (N-methyl/N-ethyl adjacent to an activating group) is 1. The minimum Gasteiger partial charge on any atom is -0.496 e. The van der Waals surface area contributed by atoms with Crippen molar-refractivity contribution in [2.75, 3.05) is 27.4 Å². The Morgan fingerprint density at radius 2 is 2.18 bits per heavy atom. The predicted octanol–water partition coefficient (Wildman–Crippen LogP) is 1.55. The summed E-state index contributed by atoms with van der Waals surface area (Å²) in [6, 6.07) is 3.94. The standard InChI is InChI=1S/C12H20ClN3O/c1-9-6-12(17-3)10(7-11(9)13)4-5-16(2)8-15-14/h6-7,15H,4-5,8,14H2,1-3H3. The van der Waals surface area contributed by atoms with Gasteiger partial charge in [-0.1, -0.05) is 11.6 Å². The Kier molecular flexibility index (Phi) is 5.71. The molecule has 0 saturated carbocycles. The first-order valence-electron chi connectivity index (χ1n) is 5.53. The minimum absolute atomic E-state index is 0.655. The van der Waals surface area contributed by atoms with Crippen LogP contribution in [0.4, 0.5) is 0 Å². The highest BCUT2D eigenvalue weighted by molar-refractivity contribution is 6.31. The van der Waals surface area contributed by atoms with Gasteiger partial charge in [0.25, 0.3) is 0 Å². The van der Waals surface area contributed by atoms with E-state index in [9.17, 15) is 0 Å².